The van der Waals surface area contributed by atoms with Crippen molar-refractivity contribution < 1.29 is 4.74 Å². The highest BCUT2D eigenvalue weighted by Gasteiger charge is 2.29. The average Bonchev–Trinajstić information content (AvgIpc) is 2.35. The van der Waals surface area contributed by atoms with E-state index in [0.29, 0.717) is 6.54 Å². The average molecular weight is 236 g/mol. The van der Waals surface area contributed by atoms with E-state index in [1.807, 2.05) is 12.1 Å². The number of ether oxygens (including phenoxy) is 1. The predicted molar refractivity (Wildman–Crippen MR) is 72.3 cm³/mol. The van der Waals surface area contributed by atoms with E-state index >= 15 is 0 Å². The lowest BCUT2D eigenvalue weighted by atomic mass is 9.91. The first-order chi connectivity index (χ1) is 8.07. The molecule has 1 aromatic rings. The monoisotopic (exact) mass is 236 g/mol. The van der Waals surface area contributed by atoms with E-state index in [9.17, 15) is 0 Å². The SMILES string of the molecule is CCN(CCN)C(C)(C)c1ccccc1OC. The minimum atomic E-state index is -0.0687. The van der Waals surface area contributed by atoms with Crippen molar-refractivity contribution in [2.45, 2.75) is 26.3 Å². The van der Waals surface area contributed by atoms with Crippen LogP contribution in [0.5, 0.6) is 5.75 Å². The first kappa shape index (κ1) is 14.0. The summed E-state index contributed by atoms with van der Waals surface area (Å²) in [6.07, 6.45) is 0. The molecular formula is C14H24N2O. The van der Waals surface area contributed by atoms with Gasteiger partial charge in [-0.1, -0.05) is 25.1 Å². The summed E-state index contributed by atoms with van der Waals surface area (Å²) < 4.78 is 5.45. The van der Waals surface area contributed by atoms with Gasteiger partial charge in [-0.25, -0.2) is 0 Å². The smallest absolute Gasteiger partial charge is 0.123 e. The van der Waals surface area contributed by atoms with Crippen LogP contribution in [0.1, 0.15) is 26.3 Å². The largest absolute Gasteiger partial charge is 0.496 e. The van der Waals surface area contributed by atoms with E-state index in [4.69, 9.17) is 10.5 Å². The Labute approximate surface area is 105 Å². The van der Waals surface area contributed by atoms with Crippen molar-refractivity contribution in [3.05, 3.63) is 29.8 Å². The van der Waals surface area contributed by atoms with Gasteiger partial charge < -0.3 is 10.5 Å². The Morgan fingerprint density at radius 1 is 1.29 bits per heavy atom. The molecule has 1 rings (SSSR count). The minimum Gasteiger partial charge on any atom is -0.496 e. The predicted octanol–water partition coefficient (Wildman–Crippen LogP) is 2.21. The fourth-order valence-electron chi connectivity index (χ4n) is 2.31. The zero-order chi connectivity index (χ0) is 12.9. The molecule has 0 aliphatic carbocycles. The highest BCUT2D eigenvalue weighted by molar-refractivity contribution is 5.38. The second-order valence-electron chi connectivity index (χ2n) is 4.63. The van der Waals surface area contributed by atoms with Crippen molar-refractivity contribution in [2.24, 2.45) is 5.73 Å². The molecule has 96 valence electrons. The Hall–Kier alpha value is -1.06. The first-order valence-corrected chi connectivity index (χ1v) is 6.16. The zero-order valence-corrected chi connectivity index (χ0v) is 11.4. The normalized spacial score (nSPS) is 11.9. The minimum absolute atomic E-state index is 0.0687. The molecule has 0 atom stereocenters. The first-order valence-electron chi connectivity index (χ1n) is 6.16. The van der Waals surface area contributed by atoms with Gasteiger partial charge in [0.1, 0.15) is 5.75 Å². The summed E-state index contributed by atoms with van der Waals surface area (Å²) in [5.41, 5.74) is 6.81. The molecule has 0 radical (unpaired) electrons. The van der Waals surface area contributed by atoms with Gasteiger partial charge >= 0.3 is 0 Å². The second-order valence-corrected chi connectivity index (χ2v) is 4.63. The number of nitrogens with zero attached hydrogens (tertiary/aromatic N) is 1. The molecule has 0 bridgehead atoms. The zero-order valence-electron chi connectivity index (χ0n) is 11.4. The molecule has 0 amide bonds. The van der Waals surface area contributed by atoms with Crippen LogP contribution in [0.2, 0.25) is 0 Å². The Bertz CT molecular complexity index is 350. The number of para-hydroxylation sites is 1. The molecular weight excluding hydrogens is 212 g/mol. The molecule has 0 spiro atoms. The molecule has 0 saturated heterocycles. The maximum Gasteiger partial charge on any atom is 0.123 e. The Morgan fingerprint density at radius 3 is 2.47 bits per heavy atom. The van der Waals surface area contributed by atoms with Gasteiger partial charge in [0.25, 0.3) is 0 Å². The Kier molecular flexibility index (Phi) is 4.97. The lowest BCUT2D eigenvalue weighted by molar-refractivity contribution is 0.128. The molecule has 1 aromatic carbocycles. The Balaban J connectivity index is 3.09. The summed E-state index contributed by atoms with van der Waals surface area (Å²) in [5.74, 6) is 0.938. The fraction of sp³-hybridized carbons (Fsp3) is 0.571. The highest BCUT2D eigenvalue weighted by atomic mass is 16.5. The third-order valence-corrected chi connectivity index (χ3v) is 3.34. The molecule has 0 unspecified atom stereocenters. The molecule has 0 heterocycles. The van der Waals surface area contributed by atoms with E-state index in [1.165, 1.54) is 5.56 Å². The number of rotatable bonds is 6. The highest BCUT2D eigenvalue weighted by Crippen LogP contribution is 2.33. The van der Waals surface area contributed by atoms with E-state index < -0.39 is 0 Å². The van der Waals surface area contributed by atoms with Gasteiger partial charge in [0.2, 0.25) is 0 Å². The van der Waals surface area contributed by atoms with Gasteiger partial charge in [-0.05, 0) is 26.5 Å². The van der Waals surface area contributed by atoms with Crippen molar-refractivity contribution in [1.82, 2.24) is 4.90 Å². The quantitative estimate of drug-likeness (QED) is 0.823. The number of likely N-dealkylation sites (N-methyl/N-ethyl adjacent to an activating group) is 1. The van der Waals surface area contributed by atoms with Crippen LogP contribution >= 0.6 is 0 Å². The van der Waals surface area contributed by atoms with Crippen molar-refractivity contribution in [1.29, 1.82) is 0 Å². The van der Waals surface area contributed by atoms with Crippen LogP contribution in [0, 0.1) is 0 Å². The summed E-state index contributed by atoms with van der Waals surface area (Å²) in [7, 11) is 1.72. The van der Waals surface area contributed by atoms with Crippen LogP contribution < -0.4 is 10.5 Å². The van der Waals surface area contributed by atoms with Crippen molar-refractivity contribution >= 4 is 0 Å². The summed E-state index contributed by atoms with van der Waals surface area (Å²) in [4.78, 5) is 2.37. The van der Waals surface area contributed by atoms with Crippen LogP contribution in [0.4, 0.5) is 0 Å². The van der Waals surface area contributed by atoms with Gasteiger partial charge in [0.05, 0.1) is 7.11 Å². The number of benzene rings is 1. The lowest BCUT2D eigenvalue weighted by Crippen LogP contribution is -2.44. The standard InChI is InChI=1S/C14H24N2O/c1-5-16(11-10-15)14(2,3)12-8-6-7-9-13(12)17-4/h6-9H,5,10-11,15H2,1-4H3. The Morgan fingerprint density at radius 2 is 1.94 bits per heavy atom. The molecule has 2 N–H and O–H groups in total. The molecule has 0 fully saturated rings. The maximum atomic E-state index is 5.68. The molecule has 0 saturated carbocycles. The van der Waals surface area contributed by atoms with E-state index in [-0.39, 0.29) is 5.54 Å². The maximum absolute atomic E-state index is 5.68. The molecule has 3 nitrogen and oxygen atoms in total. The molecule has 3 heteroatoms. The van der Waals surface area contributed by atoms with Crippen LogP contribution in [-0.2, 0) is 5.54 Å². The van der Waals surface area contributed by atoms with Gasteiger partial charge in [0.15, 0.2) is 0 Å². The van der Waals surface area contributed by atoms with Crippen LogP contribution in [0.15, 0.2) is 24.3 Å². The van der Waals surface area contributed by atoms with Gasteiger partial charge in [-0.2, -0.15) is 0 Å². The lowest BCUT2D eigenvalue weighted by Gasteiger charge is -2.39. The summed E-state index contributed by atoms with van der Waals surface area (Å²) in [6.45, 7) is 9.12. The van der Waals surface area contributed by atoms with Gasteiger partial charge in [-0.3, -0.25) is 4.90 Å². The van der Waals surface area contributed by atoms with Crippen LogP contribution in [-0.4, -0.2) is 31.6 Å². The van der Waals surface area contributed by atoms with Crippen molar-refractivity contribution in [3.63, 3.8) is 0 Å². The van der Waals surface area contributed by atoms with Crippen LogP contribution in [0.25, 0.3) is 0 Å². The summed E-state index contributed by atoms with van der Waals surface area (Å²) in [5, 5.41) is 0. The number of nitrogens with two attached hydrogens (primary N) is 1. The van der Waals surface area contributed by atoms with Gasteiger partial charge in [0, 0.05) is 24.2 Å². The number of hydrogen-bond acceptors (Lipinski definition) is 3. The molecule has 0 aliphatic heterocycles. The van der Waals surface area contributed by atoms with E-state index in [2.05, 4.69) is 37.8 Å². The van der Waals surface area contributed by atoms with E-state index in [0.717, 1.165) is 18.8 Å². The third kappa shape index (κ3) is 2.99. The molecule has 0 aliphatic rings. The molecule has 17 heavy (non-hydrogen) atoms. The number of methoxy groups -OCH3 is 1. The topological polar surface area (TPSA) is 38.5 Å². The molecule has 0 aromatic heterocycles. The summed E-state index contributed by atoms with van der Waals surface area (Å²) in [6, 6.07) is 8.18. The van der Waals surface area contributed by atoms with Crippen molar-refractivity contribution in [2.75, 3.05) is 26.7 Å². The fourth-order valence-corrected chi connectivity index (χ4v) is 2.31. The van der Waals surface area contributed by atoms with Crippen LogP contribution in [0.3, 0.4) is 0 Å². The van der Waals surface area contributed by atoms with E-state index in [1.54, 1.807) is 7.11 Å². The second kappa shape index (κ2) is 6.03. The number of hydrogen-bond donors (Lipinski definition) is 1. The van der Waals surface area contributed by atoms with Crippen molar-refractivity contribution in [3.8, 4) is 5.75 Å². The van der Waals surface area contributed by atoms with Gasteiger partial charge in [-0.15, -0.1) is 0 Å². The third-order valence-electron chi connectivity index (χ3n) is 3.34. The summed E-state index contributed by atoms with van der Waals surface area (Å²) >= 11 is 0.